The molecule has 0 amide bonds. The Morgan fingerprint density at radius 1 is 1.17 bits per heavy atom. The van der Waals surface area contributed by atoms with E-state index in [1.165, 1.54) is 4.68 Å². The summed E-state index contributed by atoms with van der Waals surface area (Å²) in [5.41, 5.74) is 0.844. The van der Waals surface area contributed by atoms with Gasteiger partial charge < -0.3 is 34.2 Å². The molecule has 0 unspecified atom stereocenters. The first-order valence-electron chi connectivity index (χ1n) is 13.2. The van der Waals surface area contributed by atoms with Crippen LogP contribution in [0.2, 0.25) is 23.2 Å². The van der Waals surface area contributed by atoms with Crippen LogP contribution in [-0.2, 0) is 9.16 Å². The fourth-order valence-corrected chi connectivity index (χ4v) is 5.70. The van der Waals surface area contributed by atoms with Crippen LogP contribution in [0.1, 0.15) is 46.5 Å². The molecule has 10 nitrogen and oxygen atoms in total. The first-order chi connectivity index (χ1) is 18.3. The third-order valence-corrected chi connectivity index (χ3v) is 12.4. The van der Waals surface area contributed by atoms with Crippen LogP contribution in [0.25, 0.3) is 5.69 Å². The van der Waals surface area contributed by atoms with Crippen molar-refractivity contribution in [3.63, 3.8) is 0 Å². The average molecular weight is 658 g/mol. The molecule has 1 saturated heterocycles. The Kier molecular flexibility index (Phi) is 17.4. The third-order valence-electron chi connectivity index (χ3n) is 7.46. The number of hydrogen-bond donors (Lipinski definition) is 1. The number of anilines is 1. The first kappa shape index (κ1) is 39.7. The molecule has 2 aliphatic rings. The van der Waals surface area contributed by atoms with E-state index in [4.69, 9.17) is 40.5 Å². The van der Waals surface area contributed by atoms with Crippen LogP contribution in [-0.4, -0.2) is 56.2 Å². The number of ether oxygens (including phenoxy) is 2. The average Bonchev–Trinajstić information content (AvgIpc) is 2.84. The van der Waals surface area contributed by atoms with Gasteiger partial charge in [-0.05, 0) is 67.3 Å². The zero-order chi connectivity index (χ0) is 28.8. The number of nitrogens with one attached hydrogen (secondary N) is 1. The molecule has 1 atom stereocenters. The van der Waals surface area contributed by atoms with Gasteiger partial charge in [-0.1, -0.05) is 32.4 Å². The molecule has 1 saturated carbocycles. The van der Waals surface area contributed by atoms with Crippen molar-refractivity contribution in [1.82, 2.24) is 9.78 Å². The molecule has 41 heavy (non-hydrogen) atoms. The van der Waals surface area contributed by atoms with Crippen LogP contribution >= 0.6 is 11.6 Å². The number of halogens is 1. The van der Waals surface area contributed by atoms with Crippen molar-refractivity contribution >= 4 is 31.8 Å². The maximum Gasteiger partial charge on any atom is 1.00 e. The van der Waals surface area contributed by atoms with E-state index >= 15 is 0 Å². The van der Waals surface area contributed by atoms with E-state index in [0.717, 1.165) is 44.6 Å². The van der Waals surface area contributed by atoms with Gasteiger partial charge in [0.1, 0.15) is 16.9 Å². The standard InChI is InChI=1S/C26H38ClN3O4Si.CH2O3.2K/c1-26(2,3)35(4,5)34-22-13-21(14-22)33-20-10-8-19(9-11-20)30-25(31)24(27)23(16-29-30)28-15-18-7-6-12-32-17-18;2-1(3)4;;/h8-11,16,18,21-22,28H,6-7,12-15,17H2,1-5H3;(H2,2,3,4);;/q;;2*+1/p-2/t18-,21-,22-;;;/m1.../s1. The van der Waals surface area contributed by atoms with Crippen LogP contribution in [0.5, 0.6) is 5.75 Å². The van der Waals surface area contributed by atoms with E-state index in [1.807, 2.05) is 24.3 Å². The van der Waals surface area contributed by atoms with E-state index in [2.05, 4.69) is 44.3 Å². The zero-order valence-corrected chi connectivity index (χ0v) is 33.2. The van der Waals surface area contributed by atoms with Gasteiger partial charge in [0.2, 0.25) is 0 Å². The van der Waals surface area contributed by atoms with Crippen LogP contribution in [0.4, 0.5) is 10.5 Å². The topological polar surface area (TPSA) is 138 Å². The van der Waals surface area contributed by atoms with Crippen LogP contribution in [0.15, 0.2) is 35.3 Å². The smallest absolute Gasteiger partial charge is 0.652 e. The van der Waals surface area contributed by atoms with E-state index < -0.39 is 14.5 Å². The second-order valence-corrected chi connectivity index (χ2v) is 16.6. The molecular weight excluding hydrogens is 620 g/mol. The molecule has 0 spiro atoms. The predicted molar refractivity (Wildman–Crippen MR) is 148 cm³/mol. The fourth-order valence-electron chi connectivity index (χ4n) is 4.12. The van der Waals surface area contributed by atoms with Crippen LogP contribution < -0.4 is 129 Å². The first-order valence-corrected chi connectivity index (χ1v) is 16.5. The molecule has 4 rings (SSSR count). The van der Waals surface area contributed by atoms with Crippen molar-refractivity contribution in [2.75, 3.05) is 25.1 Å². The minimum absolute atomic E-state index is 0. The molecule has 1 N–H and O–H groups in total. The summed E-state index contributed by atoms with van der Waals surface area (Å²) < 4.78 is 19.4. The van der Waals surface area contributed by atoms with Gasteiger partial charge >= 0.3 is 103 Å². The minimum atomic E-state index is -2.33. The summed E-state index contributed by atoms with van der Waals surface area (Å²) in [5, 5.41) is 24.6. The summed E-state index contributed by atoms with van der Waals surface area (Å²) >= 11 is 6.38. The number of carbonyl (C=O) groups is 1. The molecule has 1 aromatic heterocycles. The second-order valence-electron chi connectivity index (χ2n) is 11.5. The Hall–Kier alpha value is 0.670. The number of rotatable bonds is 8. The van der Waals surface area contributed by atoms with Gasteiger partial charge in [-0.2, -0.15) is 9.78 Å². The van der Waals surface area contributed by atoms with Crippen molar-refractivity contribution < 1.29 is 132 Å². The normalized spacial score (nSPS) is 20.2. The van der Waals surface area contributed by atoms with E-state index in [0.29, 0.717) is 23.8 Å². The summed E-state index contributed by atoms with van der Waals surface area (Å²) in [6.07, 6.45) is 3.70. The minimum Gasteiger partial charge on any atom is -0.652 e. The molecule has 0 bridgehead atoms. The molecular formula is C27H38ClK2N3O7Si. The van der Waals surface area contributed by atoms with Crippen LogP contribution in [0.3, 0.4) is 0 Å². The number of aromatic nitrogens is 2. The number of carbonyl (C=O) groups excluding carboxylic acids is 1. The third kappa shape index (κ3) is 12.2. The van der Waals surface area contributed by atoms with Crippen LogP contribution in [0, 0.1) is 5.92 Å². The van der Waals surface area contributed by atoms with Gasteiger partial charge in [-0.3, -0.25) is 4.79 Å². The molecule has 14 heteroatoms. The summed E-state index contributed by atoms with van der Waals surface area (Å²) in [7, 11) is -1.75. The Balaban J connectivity index is 0.00000131. The van der Waals surface area contributed by atoms with Gasteiger partial charge in [0.15, 0.2) is 8.32 Å². The summed E-state index contributed by atoms with van der Waals surface area (Å²) in [5.74, 6) is 1.19. The maximum atomic E-state index is 12.8. The molecule has 1 aliphatic heterocycles. The van der Waals surface area contributed by atoms with E-state index in [-0.39, 0.29) is 131 Å². The molecule has 2 aromatic rings. The predicted octanol–water partition coefficient (Wildman–Crippen LogP) is -2.78. The van der Waals surface area contributed by atoms with E-state index in [1.54, 1.807) is 6.20 Å². The number of benzene rings is 1. The Labute approximate surface area is 333 Å². The Morgan fingerprint density at radius 2 is 1.78 bits per heavy atom. The quantitative estimate of drug-likeness (QED) is 0.299. The monoisotopic (exact) mass is 657 g/mol. The largest absolute Gasteiger partial charge is 1.00 e. The van der Waals surface area contributed by atoms with Crippen molar-refractivity contribution in [2.24, 2.45) is 5.92 Å². The van der Waals surface area contributed by atoms with Gasteiger partial charge in [-0.15, -0.1) is 0 Å². The molecule has 1 aromatic carbocycles. The van der Waals surface area contributed by atoms with Crippen molar-refractivity contribution in [3.05, 3.63) is 45.8 Å². The Morgan fingerprint density at radius 3 is 2.32 bits per heavy atom. The van der Waals surface area contributed by atoms with Gasteiger partial charge in [0.25, 0.3) is 5.56 Å². The molecule has 1 aliphatic carbocycles. The number of carboxylic acid groups (broad SMARTS) is 2. The molecule has 216 valence electrons. The van der Waals surface area contributed by atoms with Gasteiger partial charge in [0, 0.05) is 26.0 Å². The molecule has 2 heterocycles. The number of hydrogen-bond acceptors (Lipinski definition) is 9. The van der Waals surface area contributed by atoms with Gasteiger partial charge in [0.05, 0.1) is 30.3 Å². The molecule has 0 radical (unpaired) electrons. The van der Waals surface area contributed by atoms with Crippen molar-refractivity contribution in [3.8, 4) is 11.4 Å². The Bertz CT molecular complexity index is 1160. The van der Waals surface area contributed by atoms with E-state index in [9.17, 15) is 4.79 Å². The second kappa shape index (κ2) is 18.0. The molecule has 2 fully saturated rings. The maximum absolute atomic E-state index is 12.8. The zero-order valence-electron chi connectivity index (χ0n) is 25.2. The fraction of sp³-hybridized carbons (Fsp3) is 0.593. The van der Waals surface area contributed by atoms with Crippen molar-refractivity contribution in [2.45, 2.75) is 76.8 Å². The van der Waals surface area contributed by atoms with Gasteiger partial charge in [-0.25, -0.2) is 0 Å². The summed E-state index contributed by atoms with van der Waals surface area (Å²) in [4.78, 5) is 21.2. The summed E-state index contributed by atoms with van der Waals surface area (Å²) in [6, 6.07) is 7.40. The summed E-state index contributed by atoms with van der Waals surface area (Å²) in [6.45, 7) is 13.6. The van der Waals surface area contributed by atoms with Crippen molar-refractivity contribution in [1.29, 1.82) is 0 Å². The number of nitrogens with zero attached hydrogens (tertiary/aromatic N) is 2. The SMILES string of the molecule is CC(C)(C)[Si](C)(C)O[C@H]1C[C@H](Oc2ccc(-n3ncc(NC[C@H]4CCCOC4)c(Cl)c3=O)cc2)C1.O=C([O-])[O-].[K+].[K+].